The zero-order valence-corrected chi connectivity index (χ0v) is 14.5. The second-order valence-corrected chi connectivity index (χ2v) is 6.28. The summed E-state index contributed by atoms with van der Waals surface area (Å²) < 4.78 is 13.0. The number of piperazine rings is 1. The molecule has 2 amide bonds. The van der Waals surface area contributed by atoms with Gasteiger partial charge in [-0.25, -0.2) is 4.39 Å². The monoisotopic (exact) mass is 355 g/mol. The van der Waals surface area contributed by atoms with Crippen LogP contribution in [0.15, 0.2) is 54.6 Å². The molecule has 1 fully saturated rings. The summed E-state index contributed by atoms with van der Waals surface area (Å²) in [5.74, 6) is -0.682. The molecule has 0 saturated carbocycles. The number of anilines is 1. The third-order valence-corrected chi connectivity index (χ3v) is 4.47. The molecule has 3 rings (SSSR count). The number of nitrogens with zero attached hydrogens (tertiary/aromatic N) is 2. The molecule has 1 N–H and O–H groups in total. The van der Waals surface area contributed by atoms with Crippen LogP contribution in [0.4, 0.5) is 10.1 Å². The third-order valence-electron chi connectivity index (χ3n) is 4.47. The molecular weight excluding hydrogens is 333 g/mol. The summed E-state index contributed by atoms with van der Waals surface area (Å²) in [6.07, 6.45) is -0.136. The fraction of sp³-hybridized carbons (Fsp3) is 0.300. The second kappa shape index (κ2) is 8.47. The fourth-order valence-electron chi connectivity index (χ4n) is 2.97. The van der Waals surface area contributed by atoms with Gasteiger partial charge in [0.05, 0.1) is 0 Å². The topological polar surface area (TPSA) is 52.7 Å². The van der Waals surface area contributed by atoms with Crippen molar-refractivity contribution in [2.24, 2.45) is 0 Å². The van der Waals surface area contributed by atoms with Gasteiger partial charge in [-0.1, -0.05) is 30.3 Å². The maximum Gasteiger partial charge on any atom is 0.232 e. The van der Waals surface area contributed by atoms with E-state index in [2.05, 4.69) is 10.2 Å². The molecule has 6 heteroatoms. The summed E-state index contributed by atoms with van der Waals surface area (Å²) >= 11 is 0. The highest BCUT2D eigenvalue weighted by Crippen LogP contribution is 2.17. The summed E-state index contributed by atoms with van der Waals surface area (Å²) in [6, 6.07) is 15.9. The number of hydrogen-bond donors (Lipinski definition) is 1. The molecule has 1 aliphatic heterocycles. The normalized spacial score (nSPS) is 14.2. The molecule has 0 spiro atoms. The highest BCUT2D eigenvalue weighted by Gasteiger charge is 2.22. The number of amides is 2. The van der Waals surface area contributed by atoms with E-state index in [1.54, 1.807) is 17.0 Å². The van der Waals surface area contributed by atoms with Crippen LogP contribution in [0.2, 0.25) is 0 Å². The summed E-state index contributed by atoms with van der Waals surface area (Å²) in [4.78, 5) is 28.1. The van der Waals surface area contributed by atoms with E-state index in [0.29, 0.717) is 32.7 Å². The van der Waals surface area contributed by atoms with Crippen molar-refractivity contribution >= 4 is 17.5 Å². The lowest BCUT2D eigenvalue weighted by atomic mass is 10.2. The van der Waals surface area contributed by atoms with Gasteiger partial charge in [-0.2, -0.15) is 0 Å². The minimum Gasteiger partial charge on any atom is -0.368 e. The highest BCUT2D eigenvalue weighted by molar-refractivity contribution is 5.96. The molecule has 2 aromatic rings. The van der Waals surface area contributed by atoms with Crippen LogP contribution in [0.25, 0.3) is 0 Å². The Morgan fingerprint density at radius 3 is 2.23 bits per heavy atom. The van der Waals surface area contributed by atoms with Crippen LogP contribution in [0.3, 0.4) is 0 Å². The fourth-order valence-corrected chi connectivity index (χ4v) is 2.97. The van der Waals surface area contributed by atoms with Gasteiger partial charge in [0.15, 0.2) is 0 Å². The van der Waals surface area contributed by atoms with Crippen LogP contribution in [-0.4, -0.2) is 42.9 Å². The predicted molar refractivity (Wildman–Crippen MR) is 98.1 cm³/mol. The van der Waals surface area contributed by atoms with Crippen molar-refractivity contribution in [1.82, 2.24) is 10.2 Å². The van der Waals surface area contributed by atoms with E-state index in [9.17, 15) is 14.0 Å². The number of rotatable bonds is 5. The van der Waals surface area contributed by atoms with Gasteiger partial charge in [-0.3, -0.25) is 9.59 Å². The van der Waals surface area contributed by atoms with E-state index >= 15 is 0 Å². The van der Waals surface area contributed by atoms with Gasteiger partial charge < -0.3 is 15.1 Å². The Labute approximate surface area is 152 Å². The number of carbonyl (C=O) groups is 2. The molecule has 0 atom stereocenters. The Balaban J connectivity index is 1.43. The summed E-state index contributed by atoms with van der Waals surface area (Å²) in [5.41, 5.74) is 1.94. The van der Waals surface area contributed by atoms with Crippen molar-refractivity contribution in [3.05, 3.63) is 66.0 Å². The van der Waals surface area contributed by atoms with Crippen LogP contribution < -0.4 is 10.2 Å². The van der Waals surface area contributed by atoms with Crippen LogP contribution in [-0.2, 0) is 16.1 Å². The van der Waals surface area contributed by atoms with Crippen molar-refractivity contribution in [1.29, 1.82) is 0 Å². The molecule has 0 aliphatic carbocycles. The predicted octanol–water partition coefficient (Wildman–Crippen LogP) is 2.18. The van der Waals surface area contributed by atoms with E-state index < -0.39 is 0 Å². The number of carbonyl (C=O) groups excluding carboxylic acids is 2. The first kappa shape index (κ1) is 17.9. The van der Waals surface area contributed by atoms with Crippen LogP contribution in [0.1, 0.15) is 12.0 Å². The molecule has 0 aromatic heterocycles. The molecule has 5 nitrogen and oxygen atoms in total. The lowest BCUT2D eigenvalue weighted by Gasteiger charge is -2.36. The van der Waals surface area contributed by atoms with Gasteiger partial charge in [0.25, 0.3) is 0 Å². The Hall–Kier alpha value is -2.89. The van der Waals surface area contributed by atoms with Gasteiger partial charge in [0, 0.05) is 38.4 Å². The van der Waals surface area contributed by atoms with E-state index in [-0.39, 0.29) is 24.1 Å². The SMILES string of the molecule is O=C(CC(=O)N1CCN(c2ccc(F)cc2)CC1)NCc1ccccc1. The van der Waals surface area contributed by atoms with Crippen molar-refractivity contribution in [2.45, 2.75) is 13.0 Å². The first-order valence-electron chi connectivity index (χ1n) is 8.71. The van der Waals surface area contributed by atoms with Crippen molar-refractivity contribution in [2.75, 3.05) is 31.1 Å². The van der Waals surface area contributed by atoms with E-state index in [1.165, 1.54) is 12.1 Å². The molecule has 1 saturated heterocycles. The number of benzene rings is 2. The Morgan fingerprint density at radius 1 is 0.923 bits per heavy atom. The van der Waals surface area contributed by atoms with E-state index in [1.807, 2.05) is 30.3 Å². The summed E-state index contributed by atoms with van der Waals surface area (Å²) in [5, 5.41) is 2.78. The molecule has 0 bridgehead atoms. The minimum absolute atomic E-state index is 0.136. The molecule has 0 unspecified atom stereocenters. The quantitative estimate of drug-likeness (QED) is 0.837. The smallest absolute Gasteiger partial charge is 0.232 e. The van der Waals surface area contributed by atoms with Crippen molar-refractivity contribution in [3.8, 4) is 0 Å². The highest BCUT2D eigenvalue weighted by atomic mass is 19.1. The summed E-state index contributed by atoms with van der Waals surface area (Å²) in [7, 11) is 0. The average molecular weight is 355 g/mol. The van der Waals surface area contributed by atoms with E-state index in [4.69, 9.17) is 0 Å². The first-order valence-corrected chi connectivity index (χ1v) is 8.71. The molecular formula is C20H22FN3O2. The molecule has 1 heterocycles. The maximum absolute atomic E-state index is 13.0. The van der Waals surface area contributed by atoms with Gasteiger partial charge in [0.1, 0.15) is 12.2 Å². The van der Waals surface area contributed by atoms with Gasteiger partial charge in [-0.15, -0.1) is 0 Å². The molecule has 2 aromatic carbocycles. The lowest BCUT2D eigenvalue weighted by molar-refractivity contribution is -0.136. The molecule has 136 valence electrons. The first-order chi connectivity index (χ1) is 12.6. The van der Waals surface area contributed by atoms with Crippen molar-refractivity contribution < 1.29 is 14.0 Å². The van der Waals surface area contributed by atoms with Crippen LogP contribution in [0.5, 0.6) is 0 Å². The van der Waals surface area contributed by atoms with Gasteiger partial charge in [0.2, 0.25) is 11.8 Å². The average Bonchev–Trinajstić information content (AvgIpc) is 2.68. The van der Waals surface area contributed by atoms with E-state index in [0.717, 1.165) is 11.3 Å². The van der Waals surface area contributed by atoms with Crippen LogP contribution >= 0.6 is 0 Å². The number of halogens is 1. The summed E-state index contributed by atoms with van der Waals surface area (Å²) in [6.45, 7) is 2.88. The Morgan fingerprint density at radius 2 is 1.58 bits per heavy atom. The minimum atomic E-state index is -0.264. The lowest BCUT2D eigenvalue weighted by Crippen LogP contribution is -2.49. The van der Waals surface area contributed by atoms with Crippen molar-refractivity contribution in [3.63, 3.8) is 0 Å². The molecule has 0 radical (unpaired) electrons. The third kappa shape index (κ3) is 4.81. The Kier molecular flexibility index (Phi) is 5.84. The molecule has 26 heavy (non-hydrogen) atoms. The Bertz CT molecular complexity index is 741. The molecule has 1 aliphatic rings. The standard InChI is InChI=1S/C20H22FN3O2/c21-17-6-8-18(9-7-17)23-10-12-24(13-11-23)20(26)14-19(25)22-15-16-4-2-1-3-5-16/h1-9H,10-15H2,(H,22,25). The largest absolute Gasteiger partial charge is 0.368 e. The van der Waals surface area contributed by atoms with Gasteiger partial charge >= 0.3 is 0 Å². The number of hydrogen-bond acceptors (Lipinski definition) is 3. The second-order valence-electron chi connectivity index (χ2n) is 6.28. The van der Waals surface area contributed by atoms with Gasteiger partial charge in [-0.05, 0) is 29.8 Å². The van der Waals surface area contributed by atoms with Crippen LogP contribution in [0, 0.1) is 5.82 Å². The maximum atomic E-state index is 13.0. The zero-order valence-electron chi connectivity index (χ0n) is 14.5. The number of nitrogens with one attached hydrogen (secondary N) is 1. The zero-order chi connectivity index (χ0) is 18.4.